The predicted octanol–water partition coefficient (Wildman–Crippen LogP) is 3.09. The van der Waals surface area contributed by atoms with Crippen molar-refractivity contribution in [1.82, 2.24) is 14.6 Å². The van der Waals surface area contributed by atoms with Crippen LogP contribution in [0.5, 0.6) is 0 Å². The summed E-state index contributed by atoms with van der Waals surface area (Å²) in [6.07, 6.45) is 0.894. The smallest absolute Gasteiger partial charge is 0.227 e. The Morgan fingerprint density at radius 3 is 2.81 bits per heavy atom. The molecular weight excluding hydrogens is 340 g/mol. The number of halogens is 2. The normalized spacial score (nSPS) is 19.0. The van der Waals surface area contributed by atoms with Crippen LogP contribution in [0.4, 0.5) is 14.5 Å². The Bertz CT molecular complexity index is 1050. The lowest BCUT2D eigenvalue weighted by molar-refractivity contribution is -0.124. The van der Waals surface area contributed by atoms with Gasteiger partial charge in [0.25, 0.3) is 0 Å². The maximum Gasteiger partial charge on any atom is 0.227 e. The number of nitrogens with zero attached hydrogens (tertiary/aromatic N) is 4. The lowest BCUT2D eigenvalue weighted by atomic mass is 9.83. The minimum absolute atomic E-state index is 0.0567. The summed E-state index contributed by atoms with van der Waals surface area (Å²) in [6, 6.07) is 9.28. The third-order valence-corrected chi connectivity index (χ3v) is 4.48. The van der Waals surface area contributed by atoms with Crippen molar-refractivity contribution in [2.75, 3.05) is 5.32 Å². The number of anilines is 1. The van der Waals surface area contributed by atoms with E-state index in [9.17, 15) is 13.6 Å². The number of nitrogens with one attached hydrogen (secondary N) is 1. The maximum absolute atomic E-state index is 14.0. The molecule has 1 aliphatic rings. The van der Waals surface area contributed by atoms with E-state index < -0.39 is 12.0 Å². The van der Waals surface area contributed by atoms with Gasteiger partial charge in [-0.25, -0.2) is 18.3 Å². The Balaban J connectivity index is 1.72. The fourth-order valence-corrected chi connectivity index (χ4v) is 2.97. The van der Waals surface area contributed by atoms with Crippen molar-refractivity contribution in [2.24, 2.45) is 5.92 Å². The summed E-state index contributed by atoms with van der Waals surface area (Å²) < 4.78 is 28.5. The van der Waals surface area contributed by atoms with Crippen LogP contribution < -0.4 is 5.32 Å². The lowest BCUT2D eigenvalue weighted by Crippen LogP contribution is -2.35. The van der Waals surface area contributed by atoms with Crippen molar-refractivity contribution in [1.29, 1.82) is 5.26 Å². The van der Waals surface area contributed by atoms with E-state index in [0.29, 0.717) is 22.6 Å². The van der Waals surface area contributed by atoms with Crippen molar-refractivity contribution in [3.63, 3.8) is 0 Å². The summed E-state index contributed by atoms with van der Waals surface area (Å²) in [4.78, 5) is 16.3. The minimum atomic E-state index is -0.915. The van der Waals surface area contributed by atoms with Gasteiger partial charge in [-0.2, -0.15) is 10.4 Å². The number of hydrogen-bond acceptors (Lipinski definition) is 4. The molecule has 0 aliphatic heterocycles. The molecular formula is C18H13F2N5O. The van der Waals surface area contributed by atoms with Crippen molar-refractivity contribution >= 4 is 17.2 Å². The zero-order valence-electron chi connectivity index (χ0n) is 13.5. The number of fused-ring (bicyclic) bond motifs is 1. The number of benzene rings is 1. The molecule has 130 valence electrons. The number of aromatic nitrogens is 3. The minimum Gasteiger partial charge on any atom is -0.326 e. The van der Waals surface area contributed by atoms with Crippen LogP contribution in [0, 0.1) is 23.1 Å². The molecule has 2 aromatic heterocycles. The fourth-order valence-electron chi connectivity index (χ4n) is 2.97. The molecule has 4 rings (SSSR count). The van der Waals surface area contributed by atoms with E-state index in [-0.39, 0.29) is 30.2 Å². The van der Waals surface area contributed by atoms with Gasteiger partial charge in [0.2, 0.25) is 5.91 Å². The highest BCUT2D eigenvalue weighted by Gasteiger charge is 2.34. The Morgan fingerprint density at radius 1 is 1.31 bits per heavy atom. The molecule has 1 fully saturated rings. The average Bonchev–Trinajstić information content (AvgIpc) is 3.06. The third kappa shape index (κ3) is 2.77. The summed E-state index contributed by atoms with van der Waals surface area (Å²) in [7, 11) is 0. The van der Waals surface area contributed by atoms with E-state index in [1.54, 1.807) is 24.3 Å². The number of nitriles is 1. The van der Waals surface area contributed by atoms with Gasteiger partial charge in [-0.05, 0) is 31.0 Å². The quantitative estimate of drug-likeness (QED) is 0.784. The number of pyridine rings is 1. The van der Waals surface area contributed by atoms with Gasteiger partial charge in [0.05, 0.1) is 11.3 Å². The molecule has 1 amide bonds. The molecule has 0 saturated heterocycles. The van der Waals surface area contributed by atoms with Crippen LogP contribution in [-0.4, -0.2) is 26.7 Å². The van der Waals surface area contributed by atoms with E-state index in [2.05, 4.69) is 15.4 Å². The van der Waals surface area contributed by atoms with Gasteiger partial charge in [0, 0.05) is 23.2 Å². The molecule has 0 unspecified atom stereocenters. The molecule has 2 heterocycles. The molecule has 26 heavy (non-hydrogen) atoms. The monoisotopic (exact) mass is 353 g/mol. The molecule has 3 aromatic rings. The van der Waals surface area contributed by atoms with Gasteiger partial charge in [-0.15, -0.1) is 0 Å². The summed E-state index contributed by atoms with van der Waals surface area (Å²) >= 11 is 0. The van der Waals surface area contributed by atoms with Crippen LogP contribution in [-0.2, 0) is 4.79 Å². The first-order chi connectivity index (χ1) is 12.5. The Labute approximate surface area is 147 Å². The SMILES string of the molecule is N#Cc1ccc(-c2cc(NC(=O)C3CC(F)C3)cc3ncnn23)cc1F. The van der Waals surface area contributed by atoms with Crippen molar-refractivity contribution in [3.05, 3.63) is 48.0 Å². The van der Waals surface area contributed by atoms with Crippen molar-refractivity contribution < 1.29 is 13.6 Å². The largest absolute Gasteiger partial charge is 0.326 e. The van der Waals surface area contributed by atoms with Crippen LogP contribution >= 0.6 is 0 Å². The Hall–Kier alpha value is -3.34. The number of hydrogen-bond donors (Lipinski definition) is 1. The van der Waals surface area contributed by atoms with E-state index in [0.717, 1.165) is 0 Å². The van der Waals surface area contributed by atoms with Crippen molar-refractivity contribution in [2.45, 2.75) is 19.0 Å². The highest BCUT2D eigenvalue weighted by atomic mass is 19.1. The number of amides is 1. The molecule has 0 bridgehead atoms. The summed E-state index contributed by atoms with van der Waals surface area (Å²) in [5, 5.41) is 15.7. The molecule has 6 nitrogen and oxygen atoms in total. The highest BCUT2D eigenvalue weighted by Crippen LogP contribution is 2.32. The van der Waals surface area contributed by atoms with E-state index in [1.165, 1.54) is 23.0 Å². The van der Waals surface area contributed by atoms with E-state index in [4.69, 9.17) is 5.26 Å². The standard InChI is InChI=1S/C18H13F2N5O/c19-13-3-12(4-13)18(26)24-14-6-16(25-17(7-14)22-9-23-25)10-1-2-11(8-21)15(20)5-10/h1-2,5-7,9,12-13H,3-4H2,(H,24,26). The zero-order valence-corrected chi connectivity index (χ0v) is 13.5. The Morgan fingerprint density at radius 2 is 2.12 bits per heavy atom. The third-order valence-electron chi connectivity index (χ3n) is 4.48. The second-order valence-corrected chi connectivity index (χ2v) is 6.22. The molecule has 1 N–H and O–H groups in total. The summed E-state index contributed by atoms with van der Waals surface area (Å²) in [5.41, 5.74) is 1.88. The molecule has 0 radical (unpaired) electrons. The zero-order chi connectivity index (χ0) is 18.3. The predicted molar refractivity (Wildman–Crippen MR) is 89.3 cm³/mol. The number of carbonyl (C=O) groups excluding carboxylic acids is 1. The Kier molecular flexibility index (Phi) is 3.84. The number of carbonyl (C=O) groups is 1. The second kappa shape index (κ2) is 6.19. The maximum atomic E-state index is 14.0. The van der Waals surface area contributed by atoms with Crippen LogP contribution in [0.1, 0.15) is 18.4 Å². The molecule has 0 atom stereocenters. The van der Waals surface area contributed by atoms with Crippen LogP contribution in [0.15, 0.2) is 36.7 Å². The highest BCUT2D eigenvalue weighted by molar-refractivity contribution is 5.94. The summed E-state index contributed by atoms with van der Waals surface area (Å²) in [6.45, 7) is 0. The van der Waals surface area contributed by atoms with Gasteiger partial charge in [0.1, 0.15) is 24.4 Å². The second-order valence-electron chi connectivity index (χ2n) is 6.22. The first kappa shape index (κ1) is 16.1. The molecule has 1 aromatic carbocycles. The molecule has 8 heteroatoms. The lowest BCUT2D eigenvalue weighted by Gasteiger charge is -2.28. The van der Waals surface area contributed by atoms with Gasteiger partial charge in [-0.3, -0.25) is 4.79 Å². The summed E-state index contributed by atoms with van der Waals surface area (Å²) in [5.74, 6) is -1.23. The van der Waals surface area contributed by atoms with Crippen LogP contribution in [0.25, 0.3) is 16.9 Å². The number of alkyl halides is 1. The van der Waals surface area contributed by atoms with Crippen LogP contribution in [0.2, 0.25) is 0 Å². The van der Waals surface area contributed by atoms with Gasteiger partial charge >= 0.3 is 0 Å². The van der Waals surface area contributed by atoms with Crippen molar-refractivity contribution in [3.8, 4) is 17.3 Å². The van der Waals surface area contributed by atoms with Gasteiger partial charge in [-0.1, -0.05) is 6.07 Å². The topological polar surface area (TPSA) is 83.1 Å². The average molecular weight is 353 g/mol. The first-order valence-corrected chi connectivity index (χ1v) is 8.04. The van der Waals surface area contributed by atoms with E-state index >= 15 is 0 Å². The fraction of sp³-hybridized carbons (Fsp3) is 0.222. The number of rotatable bonds is 3. The molecule has 1 aliphatic carbocycles. The van der Waals surface area contributed by atoms with Gasteiger partial charge < -0.3 is 5.32 Å². The molecule has 0 spiro atoms. The van der Waals surface area contributed by atoms with Crippen LogP contribution in [0.3, 0.4) is 0 Å². The van der Waals surface area contributed by atoms with E-state index in [1.807, 2.05) is 0 Å². The molecule has 1 saturated carbocycles. The first-order valence-electron chi connectivity index (χ1n) is 8.04. The van der Waals surface area contributed by atoms with Gasteiger partial charge in [0.15, 0.2) is 5.65 Å².